The van der Waals surface area contributed by atoms with Crippen molar-refractivity contribution in [3.63, 3.8) is 0 Å². The Labute approximate surface area is 116 Å². The fourth-order valence-electron chi connectivity index (χ4n) is 1.49. The lowest BCUT2D eigenvalue weighted by molar-refractivity contribution is -0.127. The Morgan fingerprint density at radius 1 is 1.45 bits per heavy atom. The number of hydrogen-bond acceptors (Lipinski definition) is 5. The molecular weight excluding hydrogens is 315 g/mol. The van der Waals surface area contributed by atoms with Gasteiger partial charge in [-0.1, -0.05) is 11.6 Å². The first-order chi connectivity index (χ1) is 9.26. The predicted molar refractivity (Wildman–Crippen MR) is 67.4 cm³/mol. The number of aromatic nitrogens is 2. The number of hydrogen-bond donors (Lipinski definition) is 3. The molecule has 1 aliphatic heterocycles. The standard InChI is InChI=1S/C9H10ClN2O7P/c10-5-3-12(9(14)11-8(5)13)6-1-2-7(19-6)18-4-20(15,16)17/h1-3,6-7H,4H2,(H,11,13,14)(H2,15,16,17)/t6-,7+/m0/s1. The van der Waals surface area contributed by atoms with Crippen LogP contribution < -0.4 is 11.2 Å². The molecule has 0 radical (unpaired) electrons. The van der Waals surface area contributed by atoms with E-state index in [1.54, 1.807) is 0 Å². The zero-order valence-corrected chi connectivity index (χ0v) is 11.5. The summed E-state index contributed by atoms with van der Waals surface area (Å²) in [6.07, 6.45) is 1.20. The molecule has 0 saturated carbocycles. The van der Waals surface area contributed by atoms with Crippen LogP contribution >= 0.6 is 19.2 Å². The first-order valence-corrected chi connectivity index (χ1v) is 7.45. The molecule has 0 spiro atoms. The van der Waals surface area contributed by atoms with Gasteiger partial charge in [0.2, 0.25) is 0 Å². The van der Waals surface area contributed by atoms with Gasteiger partial charge < -0.3 is 19.3 Å². The average Bonchev–Trinajstić information content (AvgIpc) is 2.79. The minimum absolute atomic E-state index is 0.193. The number of nitrogens with one attached hydrogen (secondary N) is 1. The molecule has 2 rings (SSSR count). The second kappa shape index (κ2) is 5.65. The molecule has 0 amide bonds. The molecule has 9 nitrogen and oxygen atoms in total. The molecule has 11 heteroatoms. The van der Waals surface area contributed by atoms with Crippen molar-refractivity contribution in [2.24, 2.45) is 0 Å². The number of aromatic amines is 1. The van der Waals surface area contributed by atoms with Gasteiger partial charge in [-0.25, -0.2) is 4.79 Å². The quantitative estimate of drug-likeness (QED) is 0.514. The summed E-state index contributed by atoms with van der Waals surface area (Å²) < 4.78 is 21.7. The van der Waals surface area contributed by atoms with Crippen molar-refractivity contribution in [3.8, 4) is 0 Å². The van der Waals surface area contributed by atoms with E-state index < -0.39 is 37.7 Å². The maximum atomic E-state index is 11.6. The SMILES string of the molecule is O=c1[nH]c(=O)n([C@@H]2C=C[C@H](OCP(=O)(O)O)O2)cc1Cl. The predicted octanol–water partition coefficient (Wildman–Crippen LogP) is -0.247. The number of halogens is 1. The Balaban J connectivity index is 2.09. The Morgan fingerprint density at radius 3 is 2.80 bits per heavy atom. The number of H-pyrrole nitrogens is 1. The molecule has 1 aromatic heterocycles. The van der Waals surface area contributed by atoms with E-state index in [2.05, 4.69) is 0 Å². The number of ether oxygens (including phenoxy) is 2. The zero-order chi connectivity index (χ0) is 14.9. The zero-order valence-electron chi connectivity index (χ0n) is 9.80. The highest BCUT2D eigenvalue weighted by molar-refractivity contribution is 7.51. The molecule has 1 aromatic rings. The van der Waals surface area contributed by atoms with Crippen LogP contribution in [0.1, 0.15) is 6.23 Å². The van der Waals surface area contributed by atoms with Gasteiger partial charge >= 0.3 is 13.3 Å². The number of rotatable bonds is 4. The molecule has 0 fully saturated rings. The van der Waals surface area contributed by atoms with Crippen LogP contribution in [-0.2, 0) is 14.0 Å². The summed E-state index contributed by atoms with van der Waals surface area (Å²) in [5.41, 5.74) is -1.45. The summed E-state index contributed by atoms with van der Waals surface area (Å²) in [6, 6.07) is 0. The van der Waals surface area contributed by atoms with Gasteiger partial charge in [-0.2, -0.15) is 0 Å². The fourth-order valence-corrected chi connectivity index (χ4v) is 1.98. The molecule has 0 bridgehead atoms. The molecule has 2 heterocycles. The van der Waals surface area contributed by atoms with Crippen molar-refractivity contribution in [3.05, 3.63) is 44.2 Å². The first kappa shape index (κ1) is 15.2. The third kappa shape index (κ3) is 3.66. The van der Waals surface area contributed by atoms with Crippen molar-refractivity contribution in [1.82, 2.24) is 9.55 Å². The van der Waals surface area contributed by atoms with E-state index in [1.807, 2.05) is 4.98 Å². The maximum Gasteiger partial charge on any atom is 0.351 e. The van der Waals surface area contributed by atoms with Crippen molar-refractivity contribution in [2.75, 3.05) is 6.35 Å². The van der Waals surface area contributed by atoms with E-state index in [0.717, 1.165) is 10.8 Å². The highest BCUT2D eigenvalue weighted by Crippen LogP contribution is 2.35. The van der Waals surface area contributed by atoms with E-state index >= 15 is 0 Å². The van der Waals surface area contributed by atoms with Crippen LogP contribution in [0.5, 0.6) is 0 Å². The molecule has 0 saturated heterocycles. The molecule has 0 unspecified atom stereocenters. The van der Waals surface area contributed by atoms with Crippen molar-refractivity contribution >= 4 is 19.2 Å². The van der Waals surface area contributed by atoms with E-state index in [4.69, 9.17) is 30.9 Å². The lowest BCUT2D eigenvalue weighted by Crippen LogP contribution is -2.32. The van der Waals surface area contributed by atoms with Gasteiger partial charge in [0.05, 0.1) is 0 Å². The van der Waals surface area contributed by atoms with Gasteiger partial charge in [-0.05, 0) is 12.2 Å². The maximum absolute atomic E-state index is 11.6. The molecule has 3 N–H and O–H groups in total. The molecular formula is C9H10ClN2O7P. The van der Waals surface area contributed by atoms with Gasteiger partial charge in [0.15, 0.2) is 18.9 Å². The molecule has 0 aromatic carbocycles. The van der Waals surface area contributed by atoms with E-state index in [9.17, 15) is 14.2 Å². The van der Waals surface area contributed by atoms with Crippen LogP contribution in [0.4, 0.5) is 0 Å². The number of nitrogens with zero attached hydrogens (tertiary/aromatic N) is 1. The third-order valence-corrected chi connectivity index (χ3v) is 3.07. The summed E-state index contributed by atoms with van der Waals surface area (Å²) in [6.45, 7) is 0. The van der Waals surface area contributed by atoms with Gasteiger partial charge in [-0.15, -0.1) is 0 Å². The first-order valence-electron chi connectivity index (χ1n) is 5.27. The monoisotopic (exact) mass is 324 g/mol. The van der Waals surface area contributed by atoms with Gasteiger partial charge in [-0.3, -0.25) is 18.9 Å². The van der Waals surface area contributed by atoms with Crippen LogP contribution in [0, 0.1) is 0 Å². The van der Waals surface area contributed by atoms with E-state index in [1.165, 1.54) is 12.2 Å². The summed E-state index contributed by atoms with van der Waals surface area (Å²) in [5, 5.41) is -0.193. The molecule has 2 atom stereocenters. The lowest BCUT2D eigenvalue weighted by atomic mass is 10.5. The summed E-state index contributed by atoms with van der Waals surface area (Å²) in [7, 11) is -4.31. The highest BCUT2D eigenvalue weighted by Gasteiger charge is 2.25. The van der Waals surface area contributed by atoms with Crippen LogP contribution in [-0.4, -0.2) is 32.0 Å². The minimum atomic E-state index is -4.31. The third-order valence-electron chi connectivity index (χ3n) is 2.31. The highest BCUT2D eigenvalue weighted by atomic mass is 35.5. The summed E-state index contributed by atoms with van der Waals surface area (Å²) >= 11 is 5.60. The van der Waals surface area contributed by atoms with Gasteiger partial charge in [0.25, 0.3) is 5.56 Å². The van der Waals surface area contributed by atoms with E-state index in [0.29, 0.717) is 0 Å². The normalized spacial score (nSPS) is 22.4. The molecule has 20 heavy (non-hydrogen) atoms. The smallest absolute Gasteiger partial charge is 0.336 e. The molecule has 1 aliphatic rings. The second-order valence-electron chi connectivity index (χ2n) is 3.88. The van der Waals surface area contributed by atoms with Crippen molar-refractivity contribution in [1.29, 1.82) is 0 Å². The lowest BCUT2D eigenvalue weighted by Gasteiger charge is -2.16. The average molecular weight is 325 g/mol. The van der Waals surface area contributed by atoms with Crippen molar-refractivity contribution < 1.29 is 23.8 Å². The van der Waals surface area contributed by atoms with Crippen LogP contribution in [0.3, 0.4) is 0 Å². The van der Waals surface area contributed by atoms with E-state index in [-0.39, 0.29) is 5.02 Å². The minimum Gasteiger partial charge on any atom is -0.336 e. The van der Waals surface area contributed by atoms with Crippen LogP contribution in [0.15, 0.2) is 27.9 Å². The largest absolute Gasteiger partial charge is 0.351 e. The molecule has 110 valence electrons. The Kier molecular flexibility index (Phi) is 4.28. The Hall–Kier alpha value is -1.22. The second-order valence-corrected chi connectivity index (χ2v) is 5.88. The van der Waals surface area contributed by atoms with Crippen LogP contribution in [0.2, 0.25) is 5.02 Å². The van der Waals surface area contributed by atoms with Crippen LogP contribution in [0.25, 0.3) is 0 Å². The molecule has 0 aliphatic carbocycles. The van der Waals surface area contributed by atoms with Gasteiger partial charge in [0, 0.05) is 6.20 Å². The Morgan fingerprint density at radius 2 is 2.15 bits per heavy atom. The fraction of sp³-hybridized carbons (Fsp3) is 0.333. The summed E-state index contributed by atoms with van der Waals surface area (Å²) in [5.74, 6) is 0. The van der Waals surface area contributed by atoms with Gasteiger partial charge in [0.1, 0.15) is 5.02 Å². The summed E-state index contributed by atoms with van der Waals surface area (Å²) in [4.78, 5) is 42.0. The van der Waals surface area contributed by atoms with Crippen molar-refractivity contribution in [2.45, 2.75) is 12.5 Å². The Bertz CT molecular complexity index is 690. The topological polar surface area (TPSA) is 131 Å².